The molecule has 30 heavy (non-hydrogen) atoms. The fourth-order valence-corrected chi connectivity index (χ4v) is 3.35. The van der Waals surface area contributed by atoms with Gasteiger partial charge in [0.25, 0.3) is 0 Å². The van der Waals surface area contributed by atoms with Gasteiger partial charge in [-0.25, -0.2) is 14.5 Å². The van der Waals surface area contributed by atoms with Crippen LogP contribution in [0.25, 0.3) is 0 Å². The molecular weight excluding hydrogens is 384 g/mol. The largest absolute Gasteiger partial charge is 0.447 e. The third-order valence-electron chi connectivity index (χ3n) is 5.04. The lowest BCUT2D eigenvalue weighted by molar-refractivity contribution is -0.128. The molecule has 0 spiro atoms. The van der Waals surface area contributed by atoms with Gasteiger partial charge in [0.1, 0.15) is 12.2 Å². The van der Waals surface area contributed by atoms with Crippen LogP contribution >= 0.6 is 0 Å². The molecule has 1 aromatic rings. The molecule has 166 valence electrons. The Morgan fingerprint density at radius 2 is 1.73 bits per heavy atom. The normalized spacial score (nSPS) is 17.1. The second-order valence-corrected chi connectivity index (χ2v) is 8.76. The van der Waals surface area contributed by atoms with Gasteiger partial charge in [0.2, 0.25) is 5.91 Å². The van der Waals surface area contributed by atoms with Crippen molar-refractivity contribution in [3.8, 4) is 0 Å². The van der Waals surface area contributed by atoms with Gasteiger partial charge < -0.3 is 14.4 Å². The van der Waals surface area contributed by atoms with E-state index in [9.17, 15) is 14.4 Å². The zero-order chi connectivity index (χ0) is 22.1. The van der Waals surface area contributed by atoms with Crippen molar-refractivity contribution in [1.82, 2.24) is 9.80 Å². The van der Waals surface area contributed by atoms with E-state index in [1.807, 2.05) is 39.0 Å². The van der Waals surface area contributed by atoms with Crippen molar-refractivity contribution in [2.24, 2.45) is 5.92 Å². The molecule has 0 bridgehead atoms. The van der Waals surface area contributed by atoms with Crippen LogP contribution < -0.4 is 0 Å². The standard InChI is InChI=1S/C16H26N2O5.C7H8/c1-16(2,3)23-14(20)17-8-6-12(7-9-17)4-5-13(19)18-10-11-22-15(18)21;1-7-5-3-2-4-6-7/h12H,4-11H2,1-3H3;2-6H,1H3. The van der Waals surface area contributed by atoms with E-state index in [1.165, 1.54) is 10.5 Å². The number of hydrogen-bond donors (Lipinski definition) is 0. The molecule has 3 rings (SSSR count). The van der Waals surface area contributed by atoms with E-state index < -0.39 is 11.7 Å². The summed E-state index contributed by atoms with van der Waals surface area (Å²) < 4.78 is 10.1. The number of carbonyl (C=O) groups excluding carboxylic acids is 3. The van der Waals surface area contributed by atoms with Crippen molar-refractivity contribution in [3.63, 3.8) is 0 Å². The lowest BCUT2D eigenvalue weighted by Crippen LogP contribution is -2.42. The Balaban J connectivity index is 0.000000386. The van der Waals surface area contributed by atoms with Gasteiger partial charge in [0.05, 0.1) is 6.54 Å². The number of nitrogens with zero attached hydrogens (tertiary/aromatic N) is 2. The van der Waals surface area contributed by atoms with E-state index in [0.29, 0.717) is 38.6 Å². The maximum Gasteiger partial charge on any atom is 0.416 e. The number of imide groups is 1. The van der Waals surface area contributed by atoms with Crippen LogP contribution in [0.3, 0.4) is 0 Å². The predicted molar refractivity (Wildman–Crippen MR) is 114 cm³/mol. The predicted octanol–water partition coefficient (Wildman–Crippen LogP) is 4.39. The van der Waals surface area contributed by atoms with Gasteiger partial charge in [-0.2, -0.15) is 0 Å². The highest BCUT2D eigenvalue weighted by Crippen LogP contribution is 2.24. The van der Waals surface area contributed by atoms with Crippen molar-refractivity contribution >= 4 is 18.1 Å². The molecule has 7 heteroatoms. The number of hydrogen-bond acceptors (Lipinski definition) is 5. The van der Waals surface area contributed by atoms with Gasteiger partial charge in [-0.3, -0.25) is 4.79 Å². The molecule has 2 fully saturated rings. The summed E-state index contributed by atoms with van der Waals surface area (Å²) in [5, 5.41) is 0. The minimum absolute atomic E-state index is 0.165. The van der Waals surface area contributed by atoms with E-state index in [0.717, 1.165) is 19.3 Å². The molecule has 1 aromatic carbocycles. The van der Waals surface area contributed by atoms with E-state index >= 15 is 0 Å². The van der Waals surface area contributed by atoms with E-state index in [-0.39, 0.29) is 12.0 Å². The number of benzene rings is 1. The van der Waals surface area contributed by atoms with Crippen molar-refractivity contribution in [1.29, 1.82) is 0 Å². The number of rotatable bonds is 3. The molecule has 0 N–H and O–H groups in total. The quantitative estimate of drug-likeness (QED) is 0.728. The smallest absolute Gasteiger partial charge is 0.416 e. The average Bonchev–Trinajstić information content (AvgIpc) is 3.12. The lowest BCUT2D eigenvalue weighted by Gasteiger charge is -2.33. The van der Waals surface area contributed by atoms with Gasteiger partial charge in [-0.15, -0.1) is 0 Å². The fourth-order valence-electron chi connectivity index (χ4n) is 3.35. The lowest BCUT2D eigenvalue weighted by atomic mass is 9.92. The first-order chi connectivity index (χ1) is 14.2. The van der Waals surface area contributed by atoms with Crippen LogP contribution in [0, 0.1) is 12.8 Å². The summed E-state index contributed by atoms with van der Waals surface area (Å²) in [6.07, 6.45) is 2.01. The summed E-state index contributed by atoms with van der Waals surface area (Å²) in [7, 11) is 0. The highest BCUT2D eigenvalue weighted by Gasteiger charge is 2.30. The number of cyclic esters (lactones) is 1. The van der Waals surface area contributed by atoms with Crippen LogP contribution in [0.5, 0.6) is 0 Å². The van der Waals surface area contributed by atoms with Gasteiger partial charge in [-0.1, -0.05) is 35.9 Å². The molecule has 2 aliphatic rings. The molecule has 0 aliphatic carbocycles. The SMILES string of the molecule is CC(C)(C)OC(=O)N1CCC(CCC(=O)N2CCOC2=O)CC1.Cc1ccccc1. The molecule has 2 heterocycles. The first kappa shape index (κ1) is 23.7. The topological polar surface area (TPSA) is 76.2 Å². The number of likely N-dealkylation sites (tertiary alicyclic amines) is 1. The molecule has 7 nitrogen and oxygen atoms in total. The van der Waals surface area contributed by atoms with E-state index in [4.69, 9.17) is 9.47 Å². The highest BCUT2D eigenvalue weighted by molar-refractivity contribution is 5.92. The van der Waals surface area contributed by atoms with Crippen LogP contribution in [-0.2, 0) is 14.3 Å². The monoisotopic (exact) mass is 418 g/mol. The zero-order valence-corrected chi connectivity index (χ0v) is 18.6. The van der Waals surface area contributed by atoms with Crippen molar-refractivity contribution < 1.29 is 23.9 Å². The average molecular weight is 419 g/mol. The Morgan fingerprint density at radius 1 is 1.10 bits per heavy atom. The Morgan fingerprint density at radius 3 is 2.20 bits per heavy atom. The third-order valence-corrected chi connectivity index (χ3v) is 5.04. The molecule has 2 aliphatic heterocycles. The summed E-state index contributed by atoms with van der Waals surface area (Å²) in [6.45, 7) is 9.60. The van der Waals surface area contributed by atoms with Gasteiger partial charge in [0, 0.05) is 19.5 Å². The van der Waals surface area contributed by atoms with Gasteiger partial charge in [0.15, 0.2) is 0 Å². The molecule has 0 radical (unpaired) electrons. The second-order valence-electron chi connectivity index (χ2n) is 8.76. The number of aryl methyl sites for hydroxylation is 1. The summed E-state index contributed by atoms with van der Waals surface area (Å²) in [6, 6.07) is 10.3. The van der Waals surface area contributed by atoms with E-state index in [1.54, 1.807) is 4.90 Å². The number of ether oxygens (including phenoxy) is 2. The van der Waals surface area contributed by atoms with Crippen molar-refractivity contribution in [3.05, 3.63) is 35.9 Å². The maximum atomic E-state index is 12.0. The number of carbonyl (C=O) groups is 3. The maximum absolute atomic E-state index is 12.0. The second kappa shape index (κ2) is 11.0. The molecule has 3 amide bonds. The Labute approximate surface area is 179 Å². The highest BCUT2D eigenvalue weighted by atomic mass is 16.6. The van der Waals surface area contributed by atoms with Gasteiger partial charge in [-0.05, 0) is 52.9 Å². The van der Waals surface area contributed by atoms with Crippen LogP contribution in [0.1, 0.15) is 52.0 Å². The Kier molecular flexibility index (Phi) is 8.69. The minimum Gasteiger partial charge on any atom is -0.447 e. The van der Waals surface area contributed by atoms with Crippen LogP contribution in [0.15, 0.2) is 30.3 Å². The van der Waals surface area contributed by atoms with Crippen LogP contribution in [0.4, 0.5) is 9.59 Å². The summed E-state index contributed by atoms with van der Waals surface area (Å²) in [5.74, 6) is 0.235. The summed E-state index contributed by atoms with van der Waals surface area (Å²) >= 11 is 0. The summed E-state index contributed by atoms with van der Waals surface area (Å²) in [4.78, 5) is 38.2. The van der Waals surface area contributed by atoms with Crippen LogP contribution in [-0.4, -0.2) is 59.7 Å². The zero-order valence-electron chi connectivity index (χ0n) is 18.6. The summed E-state index contributed by atoms with van der Waals surface area (Å²) in [5.41, 5.74) is 0.840. The third kappa shape index (κ3) is 8.05. The molecule has 2 saturated heterocycles. The molecular formula is C23H34N2O5. The molecule has 0 atom stereocenters. The Hall–Kier alpha value is -2.57. The molecule has 0 unspecified atom stereocenters. The van der Waals surface area contributed by atoms with Crippen molar-refractivity contribution in [2.75, 3.05) is 26.2 Å². The van der Waals surface area contributed by atoms with E-state index in [2.05, 4.69) is 19.1 Å². The van der Waals surface area contributed by atoms with Crippen LogP contribution in [0.2, 0.25) is 0 Å². The molecule has 0 saturated carbocycles. The van der Waals surface area contributed by atoms with Crippen molar-refractivity contribution in [2.45, 2.75) is 59.0 Å². The number of piperidine rings is 1. The Bertz CT molecular complexity index is 706. The fraction of sp³-hybridized carbons (Fsp3) is 0.609. The first-order valence-electron chi connectivity index (χ1n) is 10.6. The minimum atomic E-state index is -0.533. The molecule has 0 aromatic heterocycles. The first-order valence-corrected chi connectivity index (χ1v) is 10.6. The number of amides is 3. The van der Waals surface area contributed by atoms with Gasteiger partial charge >= 0.3 is 12.2 Å².